The first kappa shape index (κ1) is 30.5. The summed E-state index contributed by atoms with van der Waals surface area (Å²) in [7, 11) is -3.59. The number of hydrogen-bond acceptors (Lipinski definition) is 10. The van der Waals surface area contributed by atoms with Crippen molar-refractivity contribution < 1.29 is 22.7 Å². The Morgan fingerprint density at radius 1 is 1.16 bits per heavy atom. The second-order valence-electron chi connectivity index (χ2n) is 11.1. The highest BCUT2D eigenvalue weighted by Crippen LogP contribution is 2.38. The van der Waals surface area contributed by atoms with Gasteiger partial charge in [0.05, 0.1) is 39.9 Å². The van der Waals surface area contributed by atoms with Crippen LogP contribution < -0.4 is 26.4 Å². The van der Waals surface area contributed by atoms with Crippen molar-refractivity contribution in [3.05, 3.63) is 58.7 Å². The molecule has 2 amide bonds. The number of benzene rings is 2. The molecule has 0 unspecified atom stereocenters. The average molecular weight is 628 g/mol. The summed E-state index contributed by atoms with van der Waals surface area (Å²) < 4.78 is 32.0. The van der Waals surface area contributed by atoms with E-state index >= 15 is 0 Å². The summed E-state index contributed by atoms with van der Waals surface area (Å²) in [6.07, 6.45) is 1.68. The monoisotopic (exact) mass is 627 g/mol. The van der Waals surface area contributed by atoms with Crippen molar-refractivity contribution in [1.29, 1.82) is 0 Å². The van der Waals surface area contributed by atoms with Crippen molar-refractivity contribution in [1.82, 2.24) is 20.2 Å². The van der Waals surface area contributed by atoms with Crippen LogP contribution in [0.4, 0.5) is 23.1 Å². The normalized spacial score (nSPS) is 18.3. The minimum Gasteiger partial charge on any atom is -0.489 e. The van der Waals surface area contributed by atoms with Crippen LogP contribution in [-0.2, 0) is 21.2 Å². The number of nitrogens with two attached hydrogens (primary N) is 1. The molecule has 43 heavy (non-hydrogen) atoms. The number of primary amides is 1. The summed E-state index contributed by atoms with van der Waals surface area (Å²) in [5, 5.41) is 8.82. The molecule has 0 radical (unpaired) electrons. The molecule has 5 N–H and O–H groups in total. The lowest BCUT2D eigenvalue weighted by Crippen LogP contribution is -2.36. The number of nitrogens with one attached hydrogen (secondary N) is 3. The number of halogens is 1. The van der Waals surface area contributed by atoms with Gasteiger partial charge in [0.25, 0.3) is 5.91 Å². The van der Waals surface area contributed by atoms with E-state index in [1.807, 2.05) is 19.9 Å². The van der Waals surface area contributed by atoms with Gasteiger partial charge in [-0.25, -0.2) is 13.4 Å². The van der Waals surface area contributed by atoms with E-state index in [1.165, 1.54) is 12.3 Å². The topological polar surface area (TPSA) is 169 Å². The number of carbonyl (C=O) groups excluding carboxylic acids is 2. The number of amides is 2. The van der Waals surface area contributed by atoms with Gasteiger partial charge >= 0.3 is 0 Å². The molecule has 1 aromatic heterocycles. The molecular weight excluding hydrogens is 594 g/mol. The molecule has 0 bridgehead atoms. The van der Waals surface area contributed by atoms with Crippen LogP contribution >= 0.6 is 11.6 Å². The number of para-hydroxylation sites is 1. The van der Waals surface area contributed by atoms with Crippen molar-refractivity contribution in [3.63, 3.8) is 0 Å². The molecule has 2 aromatic carbocycles. The Balaban J connectivity index is 1.44. The molecule has 14 heteroatoms. The molecule has 12 nitrogen and oxygen atoms in total. The van der Waals surface area contributed by atoms with Gasteiger partial charge in [-0.2, -0.15) is 4.98 Å². The SMILES string of the molecule is CC(C)Oc1cc2c(cc1Nc1ncc(Cl)c(Nc3ccccc3S(=O)(=O)C(C)C)n1)C(=O)N([C@@H]1CN[C@H](C(N)=O)C1)C2. The van der Waals surface area contributed by atoms with E-state index in [4.69, 9.17) is 22.1 Å². The predicted molar refractivity (Wildman–Crippen MR) is 164 cm³/mol. The summed E-state index contributed by atoms with van der Waals surface area (Å²) in [6.45, 7) is 7.88. The van der Waals surface area contributed by atoms with Crippen LogP contribution in [0.3, 0.4) is 0 Å². The Morgan fingerprint density at radius 2 is 1.91 bits per heavy atom. The van der Waals surface area contributed by atoms with E-state index in [9.17, 15) is 18.0 Å². The van der Waals surface area contributed by atoms with Gasteiger partial charge < -0.3 is 31.3 Å². The molecule has 0 saturated carbocycles. The third-order valence-corrected chi connectivity index (χ3v) is 9.84. The predicted octanol–water partition coefficient (Wildman–Crippen LogP) is 3.76. The smallest absolute Gasteiger partial charge is 0.254 e. The van der Waals surface area contributed by atoms with E-state index < -0.39 is 27.0 Å². The molecule has 2 aliphatic heterocycles. The maximum absolute atomic E-state index is 13.5. The van der Waals surface area contributed by atoms with E-state index in [2.05, 4.69) is 25.9 Å². The minimum atomic E-state index is -3.59. The molecule has 1 fully saturated rings. The first-order chi connectivity index (χ1) is 20.3. The zero-order chi connectivity index (χ0) is 31.1. The van der Waals surface area contributed by atoms with E-state index in [0.717, 1.165) is 5.56 Å². The number of nitrogens with zero attached hydrogens (tertiary/aromatic N) is 3. The lowest BCUT2D eigenvalue weighted by atomic mass is 10.1. The van der Waals surface area contributed by atoms with Gasteiger partial charge in [-0.15, -0.1) is 0 Å². The van der Waals surface area contributed by atoms with Crippen LogP contribution in [0.5, 0.6) is 5.75 Å². The van der Waals surface area contributed by atoms with Crippen LogP contribution in [0.1, 0.15) is 50.0 Å². The molecule has 3 aromatic rings. The third kappa shape index (κ3) is 6.24. The van der Waals surface area contributed by atoms with Gasteiger partial charge in [0.15, 0.2) is 15.7 Å². The molecule has 2 aliphatic rings. The second-order valence-corrected chi connectivity index (χ2v) is 14.0. The highest BCUT2D eigenvalue weighted by atomic mass is 35.5. The quantitative estimate of drug-likeness (QED) is 0.260. The fraction of sp³-hybridized carbons (Fsp3) is 0.379. The minimum absolute atomic E-state index is 0.128. The number of carbonyl (C=O) groups is 2. The number of ether oxygens (including phenoxy) is 1. The van der Waals surface area contributed by atoms with Crippen LogP contribution in [0, 0.1) is 0 Å². The molecule has 1 saturated heterocycles. The number of aromatic nitrogens is 2. The zero-order valence-electron chi connectivity index (χ0n) is 24.2. The zero-order valence-corrected chi connectivity index (χ0v) is 25.8. The third-order valence-electron chi connectivity index (χ3n) is 7.35. The maximum atomic E-state index is 13.5. The molecule has 0 spiro atoms. The largest absolute Gasteiger partial charge is 0.489 e. The van der Waals surface area contributed by atoms with Crippen molar-refractivity contribution in [2.45, 2.75) is 69.0 Å². The first-order valence-corrected chi connectivity index (χ1v) is 15.8. The summed E-state index contributed by atoms with van der Waals surface area (Å²) >= 11 is 6.41. The van der Waals surface area contributed by atoms with Crippen LogP contribution in [-0.4, -0.2) is 65.1 Å². The number of rotatable bonds is 10. The Kier molecular flexibility index (Phi) is 8.50. The summed E-state index contributed by atoms with van der Waals surface area (Å²) in [5.41, 5.74) is 7.56. The maximum Gasteiger partial charge on any atom is 0.254 e. The number of fused-ring (bicyclic) bond motifs is 1. The van der Waals surface area contributed by atoms with Gasteiger partial charge in [0, 0.05) is 24.7 Å². The summed E-state index contributed by atoms with van der Waals surface area (Å²) in [6, 6.07) is 9.43. The van der Waals surface area contributed by atoms with Gasteiger partial charge in [-0.05, 0) is 63.9 Å². The Bertz CT molecular complexity index is 1680. The van der Waals surface area contributed by atoms with Gasteiger partial charge in [0.2, 0.25) is 11.9 Å². The summed E-state index contributed by atoms with van der Waals surface area (Å²) in [5.74, 6) is 0.250. The average Bonchev–Trinajstić information content (AvgIpc) is 3.56. The summed E-state index contributed by atoms with van der Waals surface area (Å²) in [4.78, 5) is 35.8. The van der Waals surface area contributed by atoms with Crippen LogP contribution in [0.15, 0.2) is 47.5 Å². The van der Waals surface area contributed by atoms with E-state index in [1.54, 1.807) is 43.0 Å². The molecule has 0 aliphatic carbocycles. The van der Waals surface area contributed by atoms with Gasteiger partial charge in [0.1, 0.15) is 10.8 Å². The van der Waals surface area contributed by atoms with Crippen molar-refractivity contribution >= 4 is 56.4 Å². The van der Waals surface area contributed by atoms with Crippen molar-refractivity contribution in [3.8, 4) is 5.75 Å². The molecule has 228 valence electrons. The Labute approximate surface area is 255 Å². The van der Waals surface area contributed by atoms with E-state index in [-0.39, 0.29) is 39.7 Å². The second kappa shape index (κ2) is 12.0. The van der Waals surface area contributed by atoms with Crippen LogP contribution in [0.2, 0.25) is 5.02 Å². The lowest BCUT2D eigenvalue weighted by Gasteiger charge is -2.22. The highest BCUT2D eigenvalue weighted by Gasteiger charge is 2.39. The fourth-order valence-electron chi connectivity index (χ4n) is 5.11. The van der Waals surface area contributed by atoms with Gasteiger partial charge in [-0.3, -0.25) is 9.59 Å². The highest BCUT2D eigenvalue weighted by molar-refractivity contribution is 7.92. The molecular formula is C29H34ClN7O5S. The van der Waals surface area contributed by atoms with Crippen molar-refractivity contribution in [2.75, 3.05) is 17.2 Å². The van der Waals surface area contributed by atoms with Gasteiger partial charge in [-0.1, -0.05) is 23.7 Å². The van der Waals surface area contributed by atoms with E-state index in [0.29, 0.717) is 42.2 Å². The number of anilines is 4. The Hall–Kier alpha value is -3.94. The molecule has 3 heterocycles. The standard InChI is InChI=1S/C29H34ClN7O5S/c1-15(2)42-24-9-17-14-37(18-10-23(26(31)38)32-12-18)28(39)19(17)11-22(24)35-29-33-13-20(30)27(36-29)34-21-7-5-6-8-25(21)43(40,41)16(3)4/h5-9,11,13,15-16,18,23,32H,10,12,14H2,1-4H3,(H2,31,38)(H2,33,34,35,36)/t18-,23-/m0/s1. The Morgan fingerprint density at radius 3 is 2.58 bits per heavy atom. The van der Waals surface area contributed by atoms with Crippen LogP contribution in [0.25, 0.3) is 0 Å². The lowest BCUT2D eigenvalue weighted by molar-refractivity contribution is -0.119. The first-order valence-electron chi connectivity index (χ1n) is 13.9. The number of sulfone groups is 1. The van der Waals surface area contributed by atoms with Crippen molar-refractivity contribution in [2.24, 2.45) is 5.73 Å². The number of hydrogen-bond donors (Lipinski definition) is 4. The molecule has 2 atom stereocenters. The molecule has 5 rings (SSSR count). The fourth-order valence-corrected chi connectivity index (χ4v) is 6.45.